The quantitative estimate of drug-likeness (QED) is 0.880. The minimum absolute atomic E-state index is 0.204. The Kier molecular flexibility index (Phi) is 3.02. The zero-order valence-corrected chi connectivity index (χ0v) is 10.1. The van der Waals surface area contributed by atoms with Gasteiger partial charge in [-0.05, 0) is 37.1 Å². The Morgan fingerprint density at radius 1 is 1.28 bits per heavy atom. The van der Waals surface area contributed by atoms with E-state index in [1.54, 1.807) is 12.5 Å². The van der Waals surface area contributed by atoms with Crippen LogP contribution >= 0.6 is 0 Å². The Morgan fingerprint density at radius 2 is 2.11 bits per heavy atom. The molecule has 4 heteroatoms. The summed E-state index contributed by atoms with van der Waals surface area (Å²) in [4.78, 5) is 6.34. The molecule has 2 aromatic rings. The molecule has 0 aliphatic carbocycles. The normalized spacial score (nSPS) is 20.1. The van der Waals surface area contributed by atoms with Crippen molar-refractivity contribution < 1.29 is 9.52 Å². The van der Waals surface area contributed by atoms with Crippen LogP contribution in [0.25, 0.3) is 11.5 Å². The van der Waals surface area contributed by atoms with Crippen molar-refractivity contribution in [2.45, 2.75) is 18.9 Å². The monoisotopic (exact) mass is 244 g/mol. The second-order valence-electron chi connectivity index (χ2n) is 4.63. The van der Waals surface area contributed by atoms with Gasteiger partial charge in [0.15, 0.2) is 0 Å². The van der Waals surface area contributed by atoms with Gasteiger partial charge in [0.2, 0.25) is 5.89 Å². The molecule has 1 N–H and O–H groups in total. The third-order valence-corrected chi connectivity index (χ3v) is 3.31. The summed E-state index contributed by atoms with van der Waals surface area (Å²) in [7, 11) is 0. The van der Waals surface area contributed by atoms with Gasteiger partial charge in [-0.3, -0.25) is 0 Å². The van der Waals surface area contributed by atoms with Crippen molar-refractivity contribution in [3.05, 3.63) is 36.7 Å². The standard InChI is InChI=1S/C14H16N2O2/c17-13-2-1-8-16(10-13)12-5-3-11(4-6-12)14-15-7-9-18-14/h3-7,9,13,17H,1-2,8,10H2. The number of oxazole rings is 1. The van der Waals surface area contributed by atoms with Gasteiger partial charge in [0, 0.05) is 24.3 Å². The maximum absolute atomic E-state index is 9.68. The molecule has 0 radical (unpaired) electrons. The number of aliphatic hydroxyl groups excluding tert-OH is 1. The summed E-state index contributed by atoms with van der Waals surface area (Å²) < 4.78 is 5.26. The molecule has 0 spiro atoms. The van der Waals surface area contributed by atoms with Gasteiger partial charge in [0.05, 0.1) is 12.3 Å². The molecule has 1 fully saturated rings. The van der Waals surface area contributed by atoms with Gasteiger partial charge < -0.3 is 14.4 Å². The summed E-state index contributed by atoms with van der Waals surface area (Å²) >= 11 is 0. The minimum atomic E-state index is -0.204. The van der Waals surface area contributed by atoms with Crippen LogP contribution < -0.4 is 4.90 Å². The first-order valence-corrected chi connectivity index (χ1v) is 6.26. The number of β-amino-alcohol motifs (C(OH)–C–C–N with tert-alkyl or cyclic N) is 1. The van der Waals surface area contributed by atoms with E-state index in [-0.39, 0.29) is 6.10 Å². The average molecular weight is 244 g/mol. The Labute approximate surface area is 106 Å². The van der Waals surface area contributed by atoms with E-state index in [4.69, 9.17) is 4.42 Å². The number of aromatic nitrogens is 1. The second kappa shape index (κ2) is 4.82. The van der Waals surface area contributed by atoms with E-state index in [2.05, 4.69) is 22.0 Å². The number of nitrogens with zero attached hydrogens (tertiary/aromatic N) is 2. The lowest BCUT2D eigenvalue weighted by Crippen LogP contribution is -2.38. The van der Waals surface area contributed by atoms with Crippen LogP contribution in [0.3, 0.4) is 0 Å². The van der Waals surface area contributed by atoms with Gasteiger partial charge in [-0.1, -0.05) is 0 Å². The molecule has 2 heterocycles. The molecular formula is C14H16N2O2. The molecule has 4 nitrogen and oxygen atoms in total. The topological polar surface area (TPSA) is 49.5 Å². The summed E-state index contributed by atoms with van der Waals surface area (Å²) in [5, 5.41) is 9.68. The molecule has 1 aliphatic heterocycles. The Morgan fingerprint density at radius 3 is 2.78 bits per heavy atom. The van der Waals surface area contributed by atoms with Gasteiger partial charge in [0.25, 0.3) is 0 Å². The summed E-state index contributed by atoms with van der Waals surface area (Å²) in [6.45, 7) is 1.73. The van der Waals surface area contributed by atoms with Gasteiger partial charge >= 0.3 is 0 Å². The fraction of sp³-hybridized carbons (Fsp3) is 0.357. The molecule has 3 rings (SSSR count). The first-order valence-electron chi connectivity index (χ1n) is 6.26. The van der Waals surface area contributed by atoms with Gasteiger partial charge in [-0.25, -0.2) is 4.98 Å². The van der Waals surface area contributed by atoms with Crippen LogP contribution in [0.4, 0.5) is 5.69 Å². The van der Waals surface area contributed by atoms with Crippen molar-refractivity contribution in [3.8, 4) is 11.5 Å². The molecule has 1 aliphatic rings. The lowest BCUT2D eigenvalue weighted by atomic mass is 10.1. The fourth-order valence-corrected chi connectivity index (χ4v) is 2.37. The van der Waals surface area contributed by atoms with Crippen LogP contribution in [0.15, 0.2) is 41.1 Å². The maximum Gasteiger partial charge on any atom is 0.225 e. The summed E-state index contributed by atoms with van der Waals surface area (Å²) in [6.07, 6.45) is 4.97. The molecule has 1 aromatic carbocycles. The third kappa shape index (κ3) is 2.24. The SMILES string of the molecule is OC1CCCN(c2ccc(-c3ncco3)cc2)C1. The number of aliphatic hydroxyl groups is 1. The highest BCUT2D eigenvalue weighted by atomic mass is 16.3. The smallest absolute Gasteiger partial charge is 0.225 e. The van der Waals surface area contributed by atoms with E-state index < -0.39 is 0 Å². The van der Waals surface area contributed by atoms with Crippen molar-refractivity contribution in [2.24, 2.45) is 0 Å². The molecule has 0 saturated carbocycles. The maximum atomic E-state index is 9.68. The molecule has 0 bridgehead atoms. The molecule has 1 atom stereocenters. The lowest BCUT2D eigenvalue weighted by molar-refractivity contribution is 0.154. The van der Waals surface area contributed by atoms with E-state index in [0.29, 0.717) is 5.89 Å². The Balaban J connectivity index is 1.78. The predicted octanol–water partition coefficient (Wildman–Crippen LogP) is 2.30. The average Bonchev–Trinajstić information content (AvgIpc) is 2.93. The number of anilines is 1. The van der Waals surface area contributed by atoms with Crippen LogP contribution in [0.5, 0.6) is 0 Å². The number of hydrogen-bond acceptors (Lipinski definition) is 4. The minimum Gasteiger partial charge on any atom is -0.445 e. The second-order valence-corrected chi connectivity index (χ2v) is 4.63. The number of benzene rings is 1. The van der Waals surface area contributed by atoms with Crippen LogP contribution in [0.2, 0.25) is 0 Å². The summed E-state index contributed by atoms with van der Waals surface area (Å²) in [5.41, 5.74) is 2.12. The molecular weight excluding hydrogens is 228 g/mol. The zero-order valence-electron chi connectivity index (χ0n) is 10.1. The van der Waals surface area contributed by atoms with Crippen molar-refractivity contribution in [1.29, 1.82) is 0 Å². The van der Waals surface area contributed by atoms with Crippen molar-refractivity contribution >= 4 is 5.69 Å². The number of piperidine rings is 1. The van der Waals surface area contributed by atoms with Crippen LogP contribution in [-0.2, 0) is 0 Å². The van der Waals surface area contributed by atoms with Crippen molar-refractivity contribution in [3.63, 3.8) is 0 Å². The largest absolute Gasteiger partial charge is 0.445 e. The van der Waals surface area contributed by atoms with E-state index in [1.165, 1.54) is 0 Å². The first kappa shape index (κ1) is 11.3. The third-order valence-electron chi connectivity index (χ3n) is 3.31. The van der Waals surface area contributed by atoms with Gasteiger partial charge in [-0.2, -0.15) is 0 Å². The first-order chi connectivity index (χ1) is 8.83. The molecule has 0 amide bonds. The molecule has 1 aromatic heterocycles. The van der Waals surface area contributed by atoms with Crippen LogP contribution in [0.1, 0.15) is 12.8 Å². The van der Waals surface area contributed by atoms with E-state index in [0.717, 1.165) is 37.2 Å². The number of rotatable bonds is 2. The summed E-state index contributed by atoms with van der Waals surface area (Å²) in [6, 6.07) is 8.11. The zero-order chi connectivity index (χ0) is 12.4. The fourth-order valence-electron chi connectivity index (χ4n) is 2.37. The van der Waals surface area contributed by atoms with Crippen molar-refractivity contribution in [1.82, 2.24) is 4.98 Å². The predicted molar refractivity (Wildman–Crippen MR) is 69.4 cm³/mol. The van der Waals surface area contributed by atoms with Crippen molar-refractivity contribution in [2.75, 3.05) is 18.0 Å². The molecule has 94 valence electrons. The van der Waals surface area contributed by atoms with E-state index in [9.17, 15) is 5.11 Å². The molecule has 1 saturated heterocycles. The highest BCUT2D eigenvalue weighted by Crippen LogP contribution is 2.24. The molecule has 1 unspecified atom stereocenters. The van der Waals surface area contributed by atoms with E-state index >= 15 is 0 Å². The Hall–Kier alpha value is -1.81. The lowest BCUT2D eigenvalue weighted by Gasteiger charge is -2.32. The highest BCUT2D eigenvalue weighted by Gasteiger charge is 2.17. The Bertz CT molecular complexity index is 493. The van der Waals surface area contributed by atoms with Crippen LogP contribution in [0, 0.1) is 0 Å². The van der Waals surface area contributed by atoms with Gasteiger partial charge in [0.1, 0.15) is 6.26 Å². The highest BCUT2D eigenvalue weighted by molar-refractivity contribution is 5.59. The molecule has 18 heavy (non-hydrogen) atoms. The van der Waals surface area contributed by atoms with Crippen LogP contribution in [-0.4, -0.2) is 29.3 Å². The number of hydrogen-bond donors (Lipinski definition) is 1. The van der Waals surface area contributed by atoms with Gasteiger partial charge in [-0.15, -0.1) is 0 Å². The summed E-state index contributed by atoms with van der Waals surface area (Å²) in [5.74, 6) is 0.639. The van der Waals surface area contributed by atoms with E-state index in [1.807, 2.05) is 12.1 Å².